The van der Waals surface area contributed by atoms with Crippen LogP contribution in [-0.2, 0) is 7.05 Å². The van der Waals surface area contributed by atoms with Crippen LogP contribution in [0.4, 0.5) is 11.5 Å². The van der Waals surface area contributed by atoms with Gasteiger partial charge in [0.2, 0.25) is 5.82 Å². The van der Waals surface area contributed by atoms with E-state index in [9.17, 15) is 10.1 Å². The number of anilines is 1. The molecule has 0 saturated carbocycles. The molecule has 0 unspecified atom stereocenters. The molecule has 0 bridgehead atoms. The molecule has 0 aromatic carbocycles. The van der Waals surface area contributed by atoms with Gasteiger partial charge in [-0.15, -0.1) is 5.10 Å². The molecule has 0 radical (unpaired) electrons. The lowest BCUT2D eigenvalue weighted by Gasteiger charge is -1.99. The second kappa shape index (κ2) is 4.85. The molecule has 14 heavy (non-hydrogen) atoms. The van der Waals surface area contributed by atoms with Gasteiger partial charge in [-0.25, -0.2) is 0 Å². The van der Waals surface area contributed by atoms with Gasteiger partial charge in [-0.3, -0.25) is 14.8 Å². The van der Waals surface area contributed by atoms with E-state index < -0.39 is 4.92 Å². The number of aryl methyl sites for hydroxylation is 1. The molecule has 0 saturated heterocycles. The second-order valence-electron chi connectivity index (χ2n) is 2.71. The standard InChI is InChI=1S/C7H12N4O2S/c1-10-5-6(11(12)13)7(9-10)8-3-4-14-2/h5H,3-4H2,1-2H3,(H,8,9). The number of nitro groups is 1. The Morgan fingerprint density at radius 1 is 1.79 bits per heavy atom. The number of hydrogen-bond donors (Lipinski definition) is 1. The summed E-state index contributed by atoms with van der Waals surface area (Å²) < 4.78 is 1.43. The average Bonchev–Trinajstić information content (AvgIpc) is 2.47. The van der Waals surface area contributed by atoms with E-state index in [1.54, 1.807) is 18.8 Å². The summed E-state index contributed by atoms with van der Waals surface area (Å²) in [5.74, 6) is 1.24. The zero-order valence-electron chi connectivity index (χ0n) is 8.06. The zero-order chi connectivity index (χ0) is 10.6. The largest absolute Gasteiger partial charge is 0.362 e. The van der Waals surface area contributed by atoms with Crippen molar-refractivity contribution < 1.29 is 4.92 Å². The summed E-state index contributed by atoms with van der Waals surface area (Å²) in [5, 5.41) is 17.5. The molecule has 0 aliphatic heterocycles. The molecule has 1 aromatic rings. The van der Waals surface area contributed by atoms with Crippen molar-refractivity contribution in [2.24, 2.45) is 7.05 Å². The fraction of sp³-hybridized carbons (Fsp3) is 0.571. The topological polar surface area (TPSA) is 73.0 Å². The molecule has 1 N–H and O–H groups in total. The van der Waals surface area contributed by atoms with Crippen LogP contribution in [0.5, 0.6) is 0 Å². The van der Waals surface area contributed by atoms with Crippen LogP contribution in [0.25, 0.3) is 0 Å². The van der Waals surface area contributed by atoms with Gasteiger partial charge in [0.1, 0.15) is 6.20 Å². The molecule has 0 aliphatic rings. The molecule has 0 fully saturated rings. The highest BCUT2D eigenvalue weighted by atomic mass is 32.2. The third kappa shape index (κ3) is 2.63. The lowest BCUT2D eigenvalue weighted by atomic mass is 10.5. The Morgan fingerprint density at radius 3 is 3.07 bits per heavy atom. The number of hydrogen-bond acceptors (Lipinski definition) is 5. The maximum atomic E-state index is 10.6. The molecule has 78 valence electrons. The summed E-state index contributed by atoms with van der Waals surface area (Å²) in [5.41, 5.74) is 0.0219. The lowest BCUT2D eigenvalue weighted by molar-refractivity contribution is -0.384. The van der Waals surface area contributed by atoms with Crippen molar-refractivity contribution in [3.63, 3.8) is 0 Å². The van der Waals surface area contributed by atoms with Crippen LogP contribution >= 0.6 is 11.8 Å². The van der Waals surface area contributed by atoms with Crippen molar-refractivity contribution in [3.8, 4) is 0 Å². The fourth-order valence-electron chi connectivity index (χ4n) is 1.01. The molecule has 0 atom stereocenters. The molecule has 0 aliphatic carbocycles. The summed E-state index contributed by atoms with van der Waals surface area (Å²) in [6, 6.07) is 0. The molecule has 0 spiro atoms. The van der Waals surface area contributed by atoms with Crippen LogP contribution in [0.3, 0.4) is 0 Å². The first kappa shape index (κ1) is 10.8. The highest BCUT2D eigenvalue weighted by Crippen LogP contribution is 2.20. The summed E-state index contributed by atoms with van der Waals surface area (Å²) in [6.07, 6.45) is 3.37. The molecule has 7 heteroatoms. The molecular weight excluding hydrogens is 204 g/mol. The van der Waals surface area contributed by atoms with Gasteiger partial charge in [-0.05, 0) is 6.26 Å². The molecule has 1 aromatic heterocycles. The predicted octanol–water partition coefficient (Wildman–Crippen LogP) is 1.10. The Morgan fingerprint density at radius 2 is 2.50 bits per heavy atom. The predicted molar refractivity (Wildman–Crippen MR) is 56.7 cm³/mol. The van der Waals surface area contributed by atoms with Gasteiger partial charge in [0.05, 0.1) is 4.92 Å². The molecule has 0 amide bonds. The van der Waals surface area contributed by atoms with Crippen molar-refractivity contribution in [1.29, 1.82) is 0 Å². The normalized spacial score (nSPS) is 10.1. The van der Waals surface area contributed by atoms with Gasteiger partial charge in [0.15, 0.2) is 0 Å². The minimum absolute atomic E-state index is 0.0219. The van der Waals surface area contributed by atoms with Crippen molar-refractivity contribution in [1.82, 2.24) is 9.78 Å². The monoisotopic (exact) mass is 216 g/mol. The number of rotatable bonds is 5. The lowest BCUT2D eigenvalue weighted by Crippen LogP contribution is -2.06. The van der Waals surface area contributed by atoms with Crippen LogP contribution in [0, 0.1) is 10.1 Å². The second-order valence-corrected chi connectivity index (χ2v) is 3.70. The Kier molecular flexibility index (Phi) is 3.75. The Hall–Kier alpha value is -1.24. The minimum atomic E-state index is -0.436. The molecule has 1 rings (SSSR count). The number of thioether (sulfide) groups is 1. The maximum absolute atomic E-state index is 10.6. The van der Waals surface area contributed by atoms with E-state index in [4.69, 9.17) is 0 Å². The van der Waals surface area contributed by atoms with Gasteiger partial charge >= 0.3 is 5.69 Å². The first-order chi connectivity index (χ1) is 6.65. The third-order valence-electron chi connectivity index (χ3n) is 1.60. The van der Waals surface area contributed by atoms with Crippen LogP contribution in [-0.4, -0.2) is 33.3 Å². The molecule has 6 nitrogen and oxygen atoms in total. The van der Waals surface area contributed by atoms with E-state index in [1.807, 2.05) is 6.26 Å². The van der Waals surface area contributed by atoms with E-state index in [0.717, 1.165) is 5.75 Å². The Bertz CT molecular complexity index is 325. The first-order valence-electron chi connectivity index (χ1n) is 4.06. The van der Waals surface area contributed by atoms with E-state index in [0.29, 0.717) is 12.4 Å². The van der Waals surface area contributed by atoms with E-state index in [1.165, 1.54) is 10.9 Å². The van der Waals surface area contributed by atoms with Crippen LogP contribution in [0.15, 0.2) is 6.20 Å². The minimum Gasteiger partial charge on any atom is -0.362 e. The summed E-state index contributed by atoms with van der Waals surface area (Å²) >= 11 is 1.67. The fourth-order valence-corrected chi connectivity index (χ4v) is 1.31. The Balaban J connectivity index is 2.69. The highest BCUT2D eigenvalue weighted by molar-refractivity contribution is 7.98. The molecule has 1 heterocycles. The number of nitrogens with zero attached hydrogens (tertiary/aromatic N) is 3. The average molecular weight is 216 g/mol. The van der Waals surface area contributed by atoms with Gasteiger partial charge in [-0.1, -0.05) is 0 Å². The van der Waals surface area contributed by atoms with Crippen molar-refractivity contribution in [2.75, 3.05) is 23.9 Å². The number of aromatic nitrogens is 2. The van der Waals surface area contributed by atoms with Gasteiger partial charge in [0.25, 0.3) is 0 Å². The SMILES string of the molecule is CSCCNc1nn(C)cc1[N+](=O)[O-]. The third-order valence-corrected chi connectivity index (χ3v) is 2.22. The quantitative estimate of drug-likeness (QED) is 0.453. The maximum Gasteiger partial charge on any atom is 0.330 e. The van der Waals surface area contributed by atoms with Crippen LogP contribution in [0.2, 0.25) is 0 Å². The molecular formula is C7H12N4O2S. The summed E-state index contributed by atoms with van der Waals surface area (Å²) in [6.45, 7) is 0.680. The Labute approximate surface area is 85.8 Å². The van der Waals surface area contributed by atoms with Gasteiger partial charge < -0.3 is 5.32 Å². The van der Waals surface area contributed by atoms with Gasteiger partial charge in [0, 0.05) is 19.3 Å². The van der Waals surface area contributed by atoms with E-state index in [2.05, 4.69) is 10.4 Å². The van der Waals surface area contributed by atoms with E-state index in [-0.39, 0.29) is 5.69 Å². The summed E-state index contributed by atoms with van der Waals surface area (Å²) in [7, 11) is 1.66. The zero-order valence-corrected chi connectivity index (χ0v) is 8.87. The van der Waals surface area contributed by atoms with Crippen molar-refractivity contribution in [2.45, 2.75) is 0 Å². The highest BCUT2D eigenvalue weighted by Gasteiger charge is 2.17. The van der Waals surface area contributed by atoms with Crippen molar-refractivity contribution >= 4 is 23.3 Å². The van der Waals surface area contributed by atoms with E-state index >= 15 is 0 Å². The van der Waals surface area contributed by atoms with Crippen LogP contribution < -0.4 is 5.32 Å². The smallest absolute Gasteiger partial charge is 0.330 e. The van der Waals surface area contributed by atoms with Gasteiger partial charge in [-0.2, -0.15) is 11.8 Å². The van der Waals surface area contributed by atoms with Crippen LogP contribution in [0.1, 0.15) is 0 Å². The number of nitrogens with one attached hydrogen (secondary N) is 1. The van der Waals surface area contributed by atoms with Crippen molar-refractivity contribution in [3.05, 3.63) is 16.3 Å². The summed E-state index contributed by atoms with van der Waals surface area (Å²) in [4.78, 5) is 10.1. The first-order valence-corrected chi connectivity index (χ1v) is 5.45.